The van der Waals surface area contributed by atoms with Crippen LogP contribution in [0.1, 0.15) is 74.1 Å². The quantitative estimate of drug-likeness (QED) is 0.244. The van der Waals surface area contributed by atoms with Gasteiger partial charge in [0.05, 0.1) is 18.4 Å². The molecule has 8 nitrogen and oxygen atoms in total. The van der Waals surface area contributed by atoms with Gasteiger partial charge in [-0.2, -0.15) is 0 Å². The first-order chi connectivity index (χ1) is 16.4. The summed E-state index contributed by atoms with van der Waals surface area (Å²) in [4.78, 5) is 65.9. The van der Waals surface area contributed by atoms with Crippen LogP contribution in [-0.4, -0.2) is 48.3 Å². The molecule has 8 atom stereocenters. The fourth-order valence-corrected chi connectivity index (χ4v) is 8.69. The first-order valence-corrected chi connectivity index (χ1v) is 12.7. The number of hydrogen-bond acceptors (Lipinski definition) is 8. The number of carbonyl (C=O) groups excluding carboxylic acids is 5. The summed E-state index contributed by atoms with van der Waals surface area (Å²) < 4.78 is 16.4. The highest BCUT2D eigenvalue weighted by atomic mass is 16.6. The highest BCUT2D eigenvalue weighted by Gasteiger charge is 2.76. The Morgan fingerprint density at radius 1 is 1.03 bits per heavy atom. The molecule has 1 heterocycles. The van der Waals surface area contributed by atoms with E-state index >= 15 is 0 Å². The Hall–Kier alpha value is -2.51. The molecule has 4 rings (SSSR count). The molecule has 198 valence electrons. The zero-order chi connectivity index (χ0) is 27.2. The topological polar surface area (TPSA) is 113 Å². The van der Waals surface area contributed by atoms with Crippen molar-refractivity contribution in [1.29, 1.82) is 0 Å². The zero-order valence-corrected chi connectivity index (χ0v) is 22.6. The molecule has 36 heavy (non-hydrogen) atoms. The molecule has 8 heteroatoms. The van der Waals surface area contributed by atoms with E-state index in [0.717, 1.165) is 7.11 Å². The minimum atomic E-state index is -2.10. The van der Waals surface area contributed by atoms with Crippen LogP contribution in [0.15, 0.2) is 12.2 Å². The number of hydrogen-bond donors (Lipinski definition) is 0. The van der Waals surface area contributed by atoms with Crippen LogP contribution in [0.25, 0.3) is 0 Å². The first kappa shape index (κ1) is 26.6. The van der Waals surface area contributed by atoms with Gasteiger partial charge >= 0.3 is 17.9 Å². The number of carbonyl (C=O) groups is 5. The summed E-state index contributed by atoms with van der Waals surface area (Å²) in [7, 11) is 1.14. The molecule has 0 bridgehead atoms. The van der Waals surface area contributed by atoms with Gasteiger partial charge in [0, 0.05) is 24.2 Å². The fraction of sp³-hybridized carbons (Fsp3) is 0.750. The molecule has 0 aromatic carbocycles. The maximum absolute atomic E-state index is 14.0. The highest BCUT2D eigenvalue weighted by Crippen LogP contribution is 2.72. The van der Waals surface area contributed by atoms with Crippen molar-refractivity contribution in [2.45, 2.75) is 85.9 Å². The van der Waals surface area contributed by atoms with E-state index in [9.17, 15) is 24.0 Å². The van der Waals surface area contributed by atoms with Crippen molar-refractivity contribution in [2.75, 3.05) is 7.11 Å². The average Bonchev–Trinajstić information content (AvgIpc) is 2.78. The van der Waals surface area contributed by atoms with Crippen molar-refractivity contribution in [3.63, 3.8) is 0 Å². The molecule has 1 saturated heterocycles. The van der Waals surface area contributed by atoms with Crippen LogP contribution < -0.4 is 0 Å². The standard InChI is InChI=1S/C28H38O8/c1-14-12-17-25(5)11-10-18(30)24(3,4)16(25)13-19(35-15(2)29)27(17,7)20-21(31)36-28(8,23(33)34-9)22(32)26(14,20)6/h16-17,19-20H,1,10-13H2,2-9H3/t16-,17+,19-,20+,25-,26-,27-,28+/m0/s1. The van der Waals surface area contributed by atoms with Crippen LogP contribution in [0.3, 0.4) is 0 Å². The van der Waals surface area contributed by atoms with Crippen molar-refractivity contribution in [1.82, 2.24) is 0 Å². The SMILES string of the molecule is C=C1C[C@@H]2[C@@]3(C)CCC(=O)C(C)(C)[C@@H]3C[C@H](OC(C)=O)[C@@]2(C)[C@@H]2C(=O)O[C@@](C)(C(=O)OC)C(=O)[C@@]12C. The lowest BCUT2D eigenvalue weighted by Crippen LogP contribution is -2.74. The molecule has 0 unspecified atom stereocenters. The fourth-order valence-electron chi connectivity index (χ4n) is 8.69. The maximum Gasteiger partial charge on any atom is 0.358 e. The minimum Gasteiger partial charge on any atom is -0.466 e. The number of ether oxygens (including phenoxy) is 3. The molecule has 4 aliphatic rings. The van der Waals surface area contributed by atoms with Gasteiger partial charge in [-0.3, -0.25) is 19.2 Å². The van der Waals surface area contributed by atoms with Gasteiger partial charge in [-0.15, -0.1) is 0 Å². The number of ketones is 2. The van der Waals surface area contributed by atoms with Crippen LogP contribution in [0, 0.1) is 39.4 Å². The first-order valence-electron chi connectivity index (χ1n) is 12.7. The Morgan fingerprint density at radius 3 is 2.19 bits per heavy atom. The molecule has 1 aliphatic heterocycles. The third kappa shape index (κ3) is 3.02. The van der Waals surface area contributed by atoms with Crippen LogP contribution in [0.4, 0.5) is 0 Å². The van der Waals surface area contributed by atoms with Gasteiger partial charge in [-0.25, -0.2) is 4.79 Å². The smallest absolute Gasteiger partial charge is 0.358 e. The van der Waals surface area contributed by atoms with Crippen molar-refractivity contribution in [3.05, 3.63) is 12.2 Å². The Kier molecular flexibility index (Phi) is 5.71. The van der Waals surface area contributed by atoms with Crippen LogP contribution >= 0.6 is 0 Å². The summed E-state index contributed by atoms with van der Waals surface area (Å²) in [6.07, 6.45) is 1.10. The second-order valence-electron chi connectivity index (χ2n) is 12.7. The number of methoxy groups -OCH3 is 1. The molecular formula is C28H38O8. The van der Waals surface area contributed by atoms with Gasteiger partial charge in [-0.1, -0.05) is 39.8 Å². The summed E-state index contributed by atoms with van der Waals surface area (Å²) >= 11 is 0. The number of esters is 3. The summed E-state index contributed by atoms with van der Waals surface area (Å²) in [5, 5.41) is 0. The predicted octanol–water partition coefficient (Wildman–Crippen LogP) is 3.60. The van der Waals surface area contributed by atoms with E-state index in [1.54, 1.807) is 6.92 Å². The van der Waals surface area contributed by atoms with Crippen molar-refractivity contribution in [3.8, 4) is 0 Å². The van der Waals surface area contributed by atoms with Crippen LogP contribution in [0.2, 0.25) is 0 Å². The predicted molar refractivity (Wildman–Crippen MR) is 128 cm³/mol. The number of allylic oxidation sites excluding steroid dienone is 1. The summed E-state index contributed by atoms with van der Waals surface area (Å²) in [6, 6.07) is 0. The number of cyclic esters (lactones) is 1. The zero-order valence-electron chi connectivity index (χ0n) is 22.6. The van der Waals surface area contributed by atoms with Gasteiger partial charge in [-0.05, 0) is 50.4 Å². The Morgan fingerprint density at radius 2 is 1.64 bits per heavy atom. The maximum atomic E-state index is 14.0. The van der Waals surface area contributed by atoms with E-state index in [1.807, 2.05) is 20.8 Å². The molecule has 0 aromatic heterocycles. The molecule has 3 saturated carbocycles. The lowest BCUT2D eigenvalue weighted by atomic mass is 9.35. The second-order valence-corrected chi connectivity index (χ2v) is 12.7. The second kappa shape index (κ2) is 7.75. The van der Waals surface area contributed by atoms with Gasteiger partial charge < -0.3 is 14.2 Å². The molecule has 3 aliphatic carbocycles. The van der Waals surface area contributed by atoms with Gasteiger partial charge in [0.25, 0.3) is 5.60 Å². The third-order valence-corrected chi connectivity index (χ3v) is 10.7. The van der Waals surface area contributed by atoms with Crippen molar-refractivity contribution in [2.24, 2.45) is 39.4 Å². The van der Waals surface area contributed by atoms with E-state index in [2.05, 4.69) is 13.5 Å². The third-order valence-electron chi connectivity index (χ3n) is 10.7. The summed E-state index contributed by atoms with van der Waals surface area (Å²) in [5.41, 5.74) is -4.98. The minimum absolute atomic E-state index is 0.0959. The van der Waals surface area contributed by atoms with Gasteiger partial charge in [0.15, 0.2) is 5.78 Å². The average molecular weight is 503 g/mol. The Balaban J connectivity index is 1.94. The van der Waals surface area contributed by atoms with Gasteiger partial charge in [0.1, 0.15) is 11.9 Å². The Labute approximate surface area is 212 Å². The lowest BCUT2D eigenvalue weighted by molar-refractivity contribution is -0.249. The molecule has 0 N–H and O–H groups in total. The molecule has 0 spiro atoms. The van der Waals surface area contributed by atoms with Crippen LogP contribution in [-0.2, 0) is 38.2 Å². The highest BCUT2D eigenvalue weighted by molar-refractivity contribution is 6.15. The molecular weight excluding hydrogens is 464 g/mol. The molecule has 0 radical (unpaired) electrons. The van der Waals surface area contributed by atoms with E-state index < -0.39 is 57.6 Å². The van der Waals surface area contributed by atoms with E-state index in [-0.39, 0.29) is 23.0 Å². The number of fused-ring (bicyclic) bond motifs is 5. The molecule has 0 amide bonds. The van der Waals surface area contributed by atoms with Gasteiger partial charge in [0.2, 0.25) is 0 Å². The summed E-state index contributed by atoms with van der Waals surface area (Å²) in [5.74, 6) is -3.88. The van der Waals surface area contributed by atoms with E-state index in [4.69, 9.17) is 14.2 Å². The number of rotatable bonds is 2. The van der Waals surface area contributed by atoms with Crippen molar-refractivity contribution < 1.29 is 38.2 Å². The normalized spacial score (nSPS) is 45.6. The number of Topliss-reactive ketones (excluding diaryl/α,β-unsaturated/α-hetero) is 2. The monoisotopic (exact) mass is 502 g/mol. The van der Waals surface area contributed by atoms with Crippen LogP contribution in [0.5, 0.6) is 0 Å². The lowest BCUT2D eigenvalue weighted by Gasteiger charge is -2.69. The molecule has 4 fully saturated rings. The van der Waals surface area contributed by atoms with E-state index in [0.29, 0.717) is 31.3 Å². The van der Waals surface area contributed by atoms with Crippen molar-refractivity contribution >= 4 is 29.5 Å². The Bertz CT molecular complexity index is 1090. The molecule has 0 aromatic rings. The largest absolute Gasteiger partial charge is 0.466 e. The van der Waals surface area contributed by atoms with E-state index in [1.165, 1.54) is 13.8 Å². The summed E-state index contributed by atoms with van der Waals surface area (Å²) in [6.45, 7) is 16.5.